The Morgan fingerprint density at radius 1 is 1.36 bits per heavy atom. The van der Waals surface area contributed by atoms with Crippen molar-refractivity contribution in [2.45, 2.75) is 33.8 Å². The van der Waals surface area contributed by atoms with E-state index in [4.69, 9.17) is 4.74 Å². The lowest BCUT2D eigenvalue weighted by Crippen LogP contribution is -2.34. The van der Waals surface area contributed by atoms with Crippen LogP contribution in [0.2, 0.25) is 0 Å². The average molecular weight is 160 g/mol. The quantitative estimate of drug-likeness (QED) is 0.680. The first-order valence-corrected chi connectivity index (χ1v) is 4.06. The Kier molecular flexibility index (Phi) is 4.04. The monoisotopic (exact) mass is 160 g/mol. The summed E-state index contributed by atoms with van der Waals surface area (Å²) in [5.41, 5.74) is -0.0437. The zero-order chi connectivity index (χ0) is 9.07. The number of hydrogen-bond acceptors (Lipinski definition) is 2. The molecule has 0 unspecified atom stereocenters. The highest BCUT2D eigenvalue weighted by molar-refractivity contribution is 4.76. The molecular weight excluding hydrogens is 140 g/mol. The van der Waals surface area contributed by atoms with Gasteiger partial charge in [0, 0.05) is 13.0 Å². The Bertz CT molecular complexity index is 105. The molecule has 0 fully saturated rings. The van der Waals surface area contributed by atoms with Gasteiger partial charge in [0.05, 0.1) is 12.7 Å². The summed E-state index contributed by atoms with van der Waals surface area (Å²) in [5, 5.41) is 9.71. The molecule has 0 aromatic carbocycles. The van der Waals surface area contributed by atoms with Crippen LogP contribution in [0.3, 0.4) is 0 Å². The molecule has 2 atom stereocenters. The summed E-state index contributed by atoms with van der Waals surface area (Å²) in [4.78, 5) is 0. The predicted octanol–water partition coefficient (Wildman–Crippen LogP) is 1.68. The van der Waals surface area contributed by atoms with E-state index >= 15 is 0 Å². The maximum atomic E-state index is 9.71. The lowest BCUT2D eigenvalue weighted by molar-refractivity contribution is -0.0112. The third-order valence-electron chi connectivity index (χ3n) is 1.86. The average Bonchev–Trinajstić information content (AvgIpc) is 1.85. The number of ether oxygens (including phenoxy) is 1. The van der Waals surface area contributed by atoms with Gasteiger partial charge in [0.1, 0.15) is 0 Å². The van der Waals surface area contributed by atoms with Gasteiger partial charge in [-0.1, -0.05) is 27.7 Å². The lowest BCUT2D eigenvalue weighted by Gasteiger charge is -2.30. The molecule has 2 heteroatoms. The molecule has 2 nitrogen and oxygen atoms in total. The van der Waals surface area contributed by atoms with Crippen molar-refractivity contribution in [3.63, 3.8) is 0 Å². The van der Waals surface area contributed by atoms with Crippen molar-refractivity contribution in [1.82, 2.24) is 0 Å². The normalized spacial score (nSPS) is 18.0. The fourth-order valence-electron chi connectivity index (χ4n) is 1.21. The Labute approximate surface area is 69.6 Å². The number of hydrogen-bond donors (Lipinski definition) is 1. The van der Waals surface area contributed by atoms with E-state index in [-0.39, 0.29) is 17.4 Å². The molecule has 0 aliphatic heterocycles. The summed E-state index contributed by atoms with van der Waals surface area (Å²) in [7, 11) is 1.66. The van der Waals surface area contributed by atoms with Crippen molar-refractivity contribution in [2.24, 2.45) is 11.3 Å². The molecule has 0 amide bonds. The summed E-state index contributed by atoms with van der Waals surface area (Å²) in [5.74, 6) is 0.208. The molecule has 0 aromatic rings. The molecule has 0 aromatic heterocycles. The van der Waals surface area contributed by atoms with E-state index in [1.165, 1.54) is 0 Å². The summed E-state index contributed by atoms with van der Waals surface area (Å²) < 4.78 is 4.96. The van der Waals surface area contributed by atoms with Gasteiger partial charge in [-0.2, -0.15) is 0 Å². The van der Waals surface area contributed by atoms with E-state index in [9.17, 15) is 5.11 Å². The number of methoxy groups -OCH3 is 1. The van der Waals surface area contributed by atoms with Gasteiger partial charge in [0.25, 0.3) is 0 Å². The molecule has 0 spiro atoms. The van der Waals surface area contributed by atoms with Crippen molar-refractivity contribution in [3.05, 3.63) is 0 Å². The van der Waals surface area contributed by atoms with Gasteiger partial charge in [0.15, 0.2) is 0 Å². The van der Waals surface area contributed by atoms with E-state index < -0.39 is 0 Å². The maximum absolute atomic E-state index is 9.71. The fraction of sp³-hybridized carbons (Fsp3) is 1.00. The Hall–Kier alpha value is -0.0800. The van der Waals surface area contributed by atoms with Crippen LogP contribution in [-0.2, 0) is 4.74 Å². The highest BCUT2D eigenvalue weighted by Crippen LogP contribution is 2.24. The second-order valence-corrected chi connectivity index (χ2v) is 4.24. The molecule has 0 saturated heterocycles. The molecule has 1 N–H and O–H groups in total. The molecular formula is C9H20O2. The van der Waals surface area contributed by atoms with Crippen LogP contribution in [0.1, 0.15) is 27.7 Å². The van der Waals surface area contributed by atoms with E-state index in [2.05, 4.69) is 0 Å². The number of aliphatic hydroxyl groups excluding tert-OH is 1. The molecule has 0 aliphatic carbocycles. The van der Waals surface area contributed by atoms with Crippen LogP contribution in [0.25, 0.3) is 0 Å². The minimum Gasteiger partial charge on any atom is -0.392 e. The molecule has 0 rings (SSSR count). The van der Waals surface area contributed by atoms with Crippen LogP contribution in [0, 0.1) is 11.3 Å². The number of aliphatic hydroxyl groups is 1. The van der Waals surface area contributed by atoms with Gasteiger partial charge < -0.3 is 9.84 Å². The molecule has 0 bridgehead atoms. The second-order valence-electron chi connectivity index (χ2n) is 4.24. The van der Waals surface area contributed by atoms with Crippen molar-refractivity contribution in [1.29, 1.82) is 0 Å². The zero-order valence-corrected chi connectivity index (χ0v) is 8.22. The largest absolute Gasteiger partial charge is 0.392 e. The molecule has 0 aliphatic rings. The van der Waals surface area contributed by atoms with Gasteiger partial charge in [0.2, 0.25) is 0 Å². The lowest BCUT2D eigenvalue weighted by atomic mass is 9.82. The van der Waals surface area contributed by atoms with E-state index in [1.807, 2.05) is 27.7 Å². The number of rotatable bonds is 3. The van der Waals surface area contributed by atoms with Gasteiger partial charge in [-0.25, -0.2) is 0 Å². The highest BCUT2D eigenvalue weighted by atomic mass is 16.5. The predicted molar refractivity (Wildman–Crippen MR) is 46.5 cm³/mol. The van der Waals surface area contributed by atoms with Crippen LogP contribution in [-0.4, -0.2) is 24.9 Å². The van der Waals surface area contributed by atoms with Crippen LogP contribution in [0.5, 0.6) is 0 Å². The van der Waals surface area contributed by atoms with E-state index in [0.29, 0.717) is 6.61 Å². The van der Waals surface area contributed by atoms with Gasteiger partial charge in [-0.15, -0.1) is 0 Å². The molecule has 0 heterocycles. The first kappa shape index (κ1) is 10.9. The zero-order valence-electron chi connectivity index (χ0n) is 8.22. The minimum atomic E-state index is -0.289. The van der Waals surface area contributed by atoms with E-state index in [0.717, 1.165) is 0 Å². The topological polar surface area (TPSA) is 29.5 Å². The molecule has 11 heavy (non-hydrogen) atoms. The van der Waals surface area contributed by atoms with Crippen LogP contribution >= 0.6 is 0 Å². The Morgan fingerprint density at radius 3 is 2.09 bits per heavy atom. The van der Waals surface area contributed by atoms with Crippen LogP contribution in [0.15, 0.2) is 0 Å². The van der Waals surface area contributed by atoms with Crippen molar-refractivity contribution < 1.29 is 9.84 Å². The third-order valence-corrected chi connectivity index (χ3v) is 1.86. The first-order valence-electron chi connectivity index (χ1n) is 4.06. The van der Waals surface area contributed by atoms with E-state index in [1.54, 1.807) is 7.11 Å². The summed E-state index contributed by atoms with van der Waals surface area (Å²) in [6, 6.07) is 0. The van der Waals surface area contributed by atoms with Crippen LogP contribution in [0.4, 0.5) is 0 Å². The van der Waals surface area contributed by atoms with Crippen molar-refractivity contribution >= 4 is 0 Å². The SMILES string of the molecule is COC[C@@H](C)[C@H](O)C(C)(C)C. The Balaban J connectivity index is 3.91. The maximum Gasteiger partial charge on any atom is 0.0635 e. The Morgan fingerprint density at radius 2 is 1.82 bits per heavy atom. The smallest absolute Gasteiger partial charge is 0.0635 e. The first-order chi connectivity index (χ1) is 4.89. The van der Waals surface area contributed by atoms with Gasteiger partial charge >= 0.3 is 0 Å². The minimum absolute atomic E-state index is 0.0437. The van der Waals surface area contributed by atoms with Gasteiger partial charge in [-0.3, -0.25) is 0 Å². The second kappa shape index (κ2) is 4.07. The summed E-state index contributed by atoms with van der Waals surface area (Å²) >= 11 is 0. The molecule has 0 saturated carbocycles. The molecule has 68 valence electrons. The van der Waals surface area contributed by atoms with Crippen molar-refractivity contribution in [2.75, 3.05) is 13.7 Å². The molecule has 0 radical (unpaired) electrons. The van der Waals surface area contributed by atoms with Crippen LogP contribution < -0.4 is 0 Å². The van der Waals surface area contributed by atoms with Crippen molar-refractivity contribution in [3.8, 4) is 0 Å². The standard InChI is InChI=1S/C9H20O2/c1-7(6-11-5)8(10)9(2,3)4/h7-8,10H,6H2,1-5H3/t7-,8+/m1/s1. The third kappa shape index (κ3) is 3.73. The van der Waals surface area contributed by atoms with Gasteiger partial charge in [-0.05, 0) is 5.41 Å². The fourth-order valence-corrected chi connectivity index (χ4v) is 1.21. The highest BCUT2D eigenvalue weighted by Gasteiger charge is 2.27. The summed E-state index contributed by atoms with van der Waals surface area (Å²) in [6.45, 7) is 8.72. The summed E-state index contributed by atoms with van der Waals surface area (Å²) in [6.07, 6.45) is -0.289.